The molecule has 0 spiro atoms. The van der Waals surface area contributed by atoms with Crippen LogP contribution in [0.5, 0.6) is 5.75 Å². The Morgan fingerprint density at radius 1 is 1.19 bits per heavy atom. The average molecular weight is 422 g/mol. The zero-order valence-corrected chi connectivity index (χ0v) is 17.2. The van der Waals surface area contributed by atoms with E-state index < -0.39 is 5.67 Å². The fraction of sp³-hybridized carbons (Fsp3) is 0.348. The summed E-state index contributed by atoms with van der Waals surface area (Å²) >= 11 is 0. The standard InChI is InChI=1S/C23H23FN4O3/c1-23(24)5-8-27(9-6-23)22(30)16-13-19-20(26-14-16)28(10-11-31-19)17-2-3-18-15(12-17)4-7-25-21(18)29/h2-4,7,12-14H,5-6,8-11H2,1H3,(H,25,29). The van der Waals surface area contributed by atoms with Crippen LogP contribution in [0.25, 0.3) is 10.8 Å². The highest BCUT2D eigenvalue weighted by Gasteiger charge is 2.32. The maximum atomic E-state index is 14.1. The largest absolute Gasteiger partial charge is 0.488 e. The van der Waals surface area contributed by atoms with E-state index in [2.05, 4.69) is 9.97 Å². The molecule has 1 aromatic carbocycles. The number of carbonyl (C=O) groups excluding carboxylic acids is 1. The Morgan fingerprint density at radius 3 is 2.81 bits per heavy atom. The Morgan fingerprint density at radius 2 is 2.00 bits per heavy atom. The van der Waals surface area contributed by atoms with E-state index in [4.69, 9.17) is 4.74 Å². The SMILES string of the molecule is CC1(F)CCN(C(=O)c2cnc3c(c2)OCCN3c2ccc3c(=O)[nH]ccc3c2)CC1. The summed E-state index contributed by atoms with van der Waals surface area (Å²) in [5, 5.41) is 1.46. The van der Waals surface area contributed by atoms with Crippen molar-refractivity contribution in [2.75, 3.05) is 31.1 Å². The quantitative estimate of drug-likeness (QED) is 0.685. The molecule has 0 aliphatic carbocycles. The summed E-state index contributed by atoms with van der Waals surface area (Å²) in [6, 6.07) is 9.20. The molecule has 0 bridgehead atoms. The monoisotopic (exact) mass is 422 g/mol. The summed E-state index contributed by atoms with van der Waals surface area (Å²) in [5.41, 5.74) is -0.00160. The Balaban J connectivity index is 1.43. The Hall–Kier alpha value is -3.42. The fourth-order valence-corrected chi connectivity index (χ4v) is 4.17. The molecule has 0 saturated carbocycles. The molecule has 2 aliphatic heterocycles. The van der Waals surface area contributed by atoms with Crippen molar-refractivity contribution in [1.82, 2.24) is 14.9 Å². The zero-order valence-electron chi connectivity index (χ0n) is 17.2. The van der Waals surface area contributed by atoms with Gasteiger partial charge in [-0.15, -0.1) is 0 Å². The minimum atomic E-state index is -1.21. The lowest BCUT2D eigenvalue weighted by Crippen LogP contribution is -2.43. The van der Waals surface area contributed by atoms with Gasteiger partial charge in [0.25, 0.3) is 11.5 Å². The number of carbonyl (C=O) groups is 1. The third-order valence-corrected chi connectivity index (χ3v) is 6.07. The Kier molecular flexibility index (Phi) is 4.64. The number of nitrogens with one attached hydrogen (secondary N) is 1. The van der Waals surface area contributed by atoms with Gasteiger partial charge in [-0.25, -0.2) is 9.37 Å². The molecule has 2 aliphatic rings. The Bertz CT molecular complexity index is 1210. The third kappa shape index (κ3) is 3.62. The number of hydrogen-bond donors (Lipinski definition) is 1. The molecular formula is C23H23FN4O3. The minimum Gasteiger partial charge on any atom is -0.488 e. The molecule has 1 saturated heterocycles. The van der Waals surface area contributed by atoms with E-state index in [0.29, 0.717) is 61.6 Å². The second-order valence-corrected chi connectivity index (χ2v) is 8.33. The number of hydrogen-bond acceptors (Lipinski definition) is 5. The van der Waals surface area contributed by atoms with Crippen molar-refractivity contribution in [3.63, 3.8) is 0 Å². The van der Waals surface area contributed by atoms with Crippen LogP contribution in [0.2, 0.25) is 0 Å². The second-order valence-electron chi connectivity index (χ2n) is 8.33. The number of anilines is 2. The van der Waals surface area contributed by atoms with Gasteiger partial charge in [0.2, 0.25) is 0 Å². The van der Waals surface area contributed by atoms with E-state index in [1.807, 2.05) is 23.1 Å². The summed E-state index contributed by atoms with van der Waals surface area (Å²) in [6.07, 6.45) is 3.86. The number of rotatable bonds is 2. The number of H-pyrrole nitrogens is 1. The van der Waals surface area contributed by atoms with Crippen LogP contribution in [0.4, 0.5) is 15.9 Å². The highest BCUT2D eigenvalue weighted by molar-refractivity contribution is 5.95. The van der Waals surface area contributed by atoms with E-state index in [9.17, 15) is 14.0 Å². The van der Waals surface area contributed by atoms with Crippen LogP contribution >= 0.6 is 0 Å². The molecule has 160 valence electrons. The number of aromatic amines is 1. The van der Waals surface area contributed by atoms with Crippen LogP contribution < -0.4 is 15.2 Å². The highest BCUT2D eigenvalue weighted by Crippen LogP contribution is 2.36. The normalized spacial score (nSPS) is 17.9. The number of pyridine rings is 2. The molecule has 0 radical (unpaired) electrons. The summed E-state index contributed by atoms with van der Waals surface area (Å²) in [4.78, 5) is 35.8. The number of benzene rings is 1. The molecule has 2 aromatic heterocycles. The number of ether oxygens (including phenoxy) is 1. The van der Waals surface area contributed by atoms with Crippen molar-refractivity contribution in [2.45, 2.75) is 25.4 Å². The maximum absolute atomic E-state index is 14.1. The summed E-state index contributed by atoms with van der Waals surface area (Å²) in [7, 11) is 0. The van der Waals surface area contributed by atoms with Gasteiger partial charge in [0.1, 0.15) is 12.3 Å². The second kappa shape index (κ2) is 7.37. The average Bonchev–Trinajstić information content (AvgIpc) is 2.78. The first-order chi connectivity index (χ1) is 14.9. The van der Waals surface area contributed by atoms with Crippen LogP contribution in [-0.4, -0.2) is 52.7 Å². The van der Waals surface area contributed by atoms with E-state index >= 15 is 0 Å². The number of likely N-dealkylation sites (tertiary alicyclic amines) is 1. The first-order valence-corrected chi connectivity index (χ1v) is 10.4. The van der Waals surface area contributed by atoms with E-state index in [1.54, 1.807) is 36.4 Å². The molecule has 7 nitrogen and oxygen atoms in total. The van der Waals surface area contributed by atoms with Gasteiger partial charge in [0.15, 0.2) is 11.6 Å². The van der Waals surface area contributed by atoms with Gasteiger partial charge in [-0.05, 0) is 55.5 Å². The fourth-order valence-electron chi connectivity index (χ4n) is 4.17. The van der Waals surface area contributed by atoms with Gasteiger partial charge in [-0.1, -0.05) is 0 Å². The number of amides is 1. The number of fused-ring (bicyclic) bond motifs is 2. The van der Waals surface area contributed by atoms with Crippen LogP contribution in [0.3, 0.4) is 0 Å². The lowest BCUT2D eigenvalue weighted by atomic mass is 9.95. The Labute approximate surface area is 178 Å². The van der Waals surface area contributed by atoms with Crippen molar-refractivity contribution in [3.05, 3.63) is 58.6 Å². The van der Waals surface area contributed by atoms with Crippen molar-refractivity contribution in [1.29, 1.82) is 0 Å². The number of piperidine rings is 1. The van der Waals surface area contributed by atoms with Crippen molar-refractivity contribution < 1.29 is 13.9 Å². The first kappa shape index (κ1) is 19.5. The van der Waals surface area contributed by atoms with Crippen LogP contribution in [0.15, 0.2) is 47.5 Å². The summed E-state index contributed by atoms with van der Waals surface area (Å²) < 4.78 is 19.9. The lowest BCUT2D eigenvalue weighted by Gasteiger charge is -2.34. The molecule has 1 amide bonds. The molecule has 0 unspecified atom stereocenters. The molecule has 8 heteroatoms. The van der Waals surface area contributed by atoms with Gasteiger partial charge in [0.05, 0.1) is 12.1 Å². The van der Waals surface area contributed by atoms with E-state index in [-0.39, 0.29) is 11.5 Å². The molecular weight excluding hydrogens is 399 g/mol. The predicted molar refractivity (Wildman–Crippen MR) is 116 cm³/mol. The van der Waals surface area contributed by atoms with Gasteiger partial charge in [-0.2, -0.15) is 0 Å². The van der Waals surface area contributed by atoms with Gasteiger partial charge in [0, 0.05) is 36.6 Å². The number of alkyl halides is 1. The molecule has 3 aromatic rings. The maximum Gasteiger partial charge on any atom is 0.255 e. The molecule has 4 heterocycles. The highest BCUT2D eigenvalue weighted by atomic mass is 19.1. The van der Waals surface area contributed by atoms with Crippen molar-refractivity contribution in [3.8, 4) is 5.75 Å². The van der Waals surface area contributed by atoms with Gasteiger partial charge in [-0.3, -0.25) is 9.59 Å². The number of halogens is 1. The van der Waals surface area contributed by atoms with Crippen LogP contribution in [0.1, 0.15) is 30.1 Å². The summed E-state index contributed by atoms with van der Waals surface area (Å²) in [5.74, 6) is 1.01. The third-order valence-electron chi connectivity index (χ3n) is 6.07. The first-order valence-electron chi connectivity index (χ1n) is 10.4. The smallest absolute Gasteiger partial charge is 0.255 e. The van der Waals surface area contributed by atoms with E-state index in [0.717, 1.165) is 11.1 Å². The topological polar surface area (TPSA) is 78.5 Å². The van der Waals surface area contributed by atoms with Crippen LogP contribution in [0, 0.1) is 0 Å². The van der Waals surface area contributed by atoms with E-state index in [1.165, 1.54) is 0 Å². The molecule has 31 heavy (non-hydrogen) atoms. The van der Waals surface area contributed by atoms with Gasteiger partial charge < -0.3 is 19.5 Å². The molecule has 1 N–H and O–H groups in total. The van der Waals surface area contributed by atoms with Crippen molar-refractivity contribution >= 4 is 28.2 Å². The zero-order chi connectivity index (χ0) is 21.6. The minimum absolute atomic E-state index is 0.126. The van der Waals surface area contributed by atoms with Crippen LogP contribution in [-0.2, 0) is 0 Å². The predicted octanol–water partition coefficient (Wildman–Crippen LogP) is 3.42. The van der Waals surface area contributed by atoms with Gasteiger partial charge >= 0.3 is 0 Å². The summed E-state index contributed by atoms with van der Waals surface area (Å²) in [6.45, 7) is 3.42. The number of aromatic nitrogens is 2. The number of nitrogens with zero attached hydrogens (tertiary/aromatic N) is 3. The molecule has 1 fully saturated rings. The molecule has 0 atom stereocenters. The molecule has 5 rings (SSSR count). The van der Waals surface area contributed by atoms with Crippen molar-refractivity contribution in [2.24, 2.45) is 0 Å². The lowest BCUT2D eigenvalue weighted by molar-refractivity contribution is 0.0503.